The highest BCUT2D eigenvalue weighted by Crippen LogP contribution is 2.25. The van der Waals surface area contributed by atoms with Crippen molar-refractivity contribution >= 4 is 29.0 Å². The largest absolute Gasteiger partial charge is 0.360 e. The van der Waals surface area contributed by atoms with Crippen molar-refractivity contribution in [3.63, 3.8) is 0 Å². The van der Waals surface area contributed by atoms with Crippen LogP contribution in [0, 0.1) is 5.82 Å². The van der Waals surface area contributed by atoms with E-state index >= 15 is 0 Å². The third-order valence-corrected chi connectivity index (χ3v) is 5.78. The standard InChI is InChI=1S/C22H22FN3O3/c1-15(27)16-6-8-17(9-7-16)24-10-12-25(13-11-24)20-14-21(28)26(22(20)29)19-5-3-2-4-18(19)23/h2-9,20H,10-14H2,1H3/p+1/t20-/m0/s1. The molecule has 0 radical (unpaired) electrons. The van der Waals surface area contributed by atoms with Gasteiger partial charge in [0, 0.05) is 11.3 Å². The number of rotatable bonds is 4. The van der Waals surface area contributed by atoms with Crippen molar-refractivity contribution in [2.45, 2.75) is 19.4 Å². The molecule has 2 aromatic rings. The third-order valence-electron chi connectivity index (χ3n) is 5.78. The van der Waals surface area contributed by atoms with Crippen LogP contribution in [0.5, 0.6) is 0 Å². The summed E-state index contributed by atoms with van der Waals surface area (Å²) in [5.74, 6) is -1.20. The fourth-order valence-corrected chi connectivity index (χ4v) is 4.14. The summed E-state index contributed by atoms with van der Waals surface area (Å²) < 4.78 is 14.1. The second kappa shape index (κ2) is 7.75. The van der Waals surface area contributed by atoms with Gasteiger partial charge in [-0.3, -0.25) is 14.4 Å². The van der Waals surface area contributed by atoms with Gasteiger partial charge in [0.2, 0.25) is 5.91 Å². The molecule has 150 valence electrons. The molecule has 4 rings (SSSR count). The number of piperazine rings is 1. The fraction of sp³-hybridized carbons (Fsp3) is 0.318. The summed E-state index contributed by atoms with van der Waals surface area (Å²) in [5, 5.41) is 0. The molecule has 2 fully saturated rings. The molecule has 6 nitrogen and oxygen atoms in total. The van der Waals surface area contributed by atoms with Crippen molar-refractivity contribution in [3.05, 3.63) is 59.9 Å². The Morgan fingerprint density at radius 1 is 1.03 bits per heavy atom. The number of amides is 2. The number of para-hydroxylation sites is 1. The number of Topliss-reactive ketones (excluding diaryl/α,β-unsaturated/α-hetero) is 1. The molecule has 0 unspecified atom stereocenters. The Kier molecular flexibility index (Phi) is 5.15. The SMILES string of the molecule is CC(=O)c1ccc(N2CC[NH+]([C@H]3CC(=O)N(c4ccccc4F)C3=O)CC2)cc1. The zero-order valence-electron chi connectivity index (χ0n) is 16.2. The number of hydrogen-bond donors (Lipinski definition) is 1. The number of ketones is 1. The summed E-state index contributed by atoms with van der Waals surface area (Å²) in [6.45, 7) is 4.45. The first kappa shape index (κ1) is 19.3. The predicted molar refractivity (Wildman–Crippen MR) is 107 cm³/mol. The molecule has 0 aromatic heterocycles. The van der Waals surface area contributed by atoms with E-state index in [1.807, 2.05) is 24.3 Å². The number of anilines is 2. The average molecular weight is 396 g/mol. The van der Waals surface area contributed by atoms with Gasteiger partial charge in [0.05, 0.1) is 38.3 Å². The van der Waals surface area contributed by atoms with E-state index in [0.717, 1.165) is 28.6 Å². The predicted octanol–water partition coefficient (Wildman–Crippen LogP) is 1.07. The number of carbonyl (C=O) groups excluding carboxylic acids is 3. The summed E-state index contributed by atoms with van der Waals surface area (Å²) in [6, 6.07) is 12.9. The Morgan fingerprint density at radius 3 is 2.31 bits per heavy atom. The Balaban J connectivity index is 1.42. The van der Waals surface area contributed by atoms with Gasteiger partial charge in [-0.2, -0.15) is 0 Å². The molecule has 0 aliphatic carbocycles. The van der Waals surface area contributed by atoms with E-state index in [0.29, 0.717) is 18.7 Å². The molecule has 1 atom stereocenters. The average Bonchev–Trinajstić information content (AvgIpc) is 3.03. The van der Waals surface area contributed by atoms with Gasteiger partial charge >= 0.3 is 0 Å². The molecule has 1 N–H and O–H groups in total. The molecule has 7 heteroatoms. The highest BCUT2D eigenvalue weighted by molar-refractivity contribution is 6.21. The van der Waals surface area contributed by atoms with Gasteiger partial charge in [0.25, 0.3) is 5.91 Å². The Hall–Kier alpha value is -3.06. The van der Waals surface area contributed by atoms with Gasteiger partial charge in [-0.1, -0.05) is 12.1 Å². The van der Waals surface area contributed by atoms with Crippen LogP contribution in [-0.2, 0) is 9.59 Å². The summed E-state index contributed by atoms with van der Waals surface area (Å²) in [6.07, 6.45) is 0.107. The second-order valence-electron chi connectivity index (χ2n) is 7.52. The first-order chi connectivity index (χ1) is 14.0. The van der Waals surface area contributed by atoms with Crippen LogP contribution in [-0.4, -0.2) is 49.8 Å². The lowest BCUT2D eigenvalue weighted by atomic mass is 10.1. The van der Waals surface area contributed by atoms with Gasteiger partial charge in [-0.25, -0.2) is 9.29 Å². The molecule has 2 aromatic carbocycles. The van der Waals surface area contributed by atoms with Crippen LogP contribution >= 0.6 is 0 Å². The minimum atomic E-state index is -0.566. The summed E-state index contributed by atoms with van der Waals surface area (Å²) >= 11 is 0. The normalized spacial score (nSPS) is 20.4. The monoisotopic (exact) mass is 396 g/mol. The molecule has 0 spiro atoms. The molecule has 0 bridgehead atoms. The van der Waals surface area contributed by atoms with Crippen molar-refractivity contribution in [3.8, 4) is 0 Å². The lowest BCUT2D eigenvalue weighted by molar-refractivity contribution is -0.915. The van der Waals surface area contributed by atoms with Crippen molar-refractivity contribution in [2.24, 2.45) is 0 Å². The highest BCUT2D eigenvalue weighted by Gasteiger charge is 2.47. The molecule has 2 saturated heterocycles. The van der Waals surface area contributed by atoms with Crippen LogP contribution in [0.1, 0.15) is 23.7 Å². The number of benzene rings is 2. The summed E-state index contributed by atoms with van der Waals surface area (Å²) in [5.41, 5.74) is 1.76. The number of carbonyl (C=O) groups is 3. The summed E-state index contributed by atoms with van der Waals surface area (Å²) in [4.78, 5) is 41.0. The smallest absolute Gasteiger partial charge is 0.292 e. The van der Waals surface area contributed by atoms with E-state index in [1.165, 1.54) is 18.2 Å². The molecule has 2 heterocycles. The van der Waals surface area contributed by atoms with Crippen molar-refractivity contribution < 1.29 is 23.7 Å². The fourth-order valence-electron chi connectivity index (χ4n) is 4.14. The van der Waals surface area contributed by atoms with E-state index in [4.69, 9.17) is 0 Å². The zero-order valence-corrected chi connectivity index (χ0v) is 16.2. The Labute approximate surface area is 168 Å². The van der Waals surface area contributed by atoms with E-state index in [-0.39, 0.29) is 29.7 Å². The van der Waals surface area contributed by atoms with Crippen LogP contribution in [0.15, 0.2) is 48.5 Å². The number of nitrogens with zero attached hydrogens (tertiary/aromatic N) is 2. The maximum absolute atomic E-state index is 14.1. The topological polar surface area (TPSA) is 62.1 Å². The minimum Gasteiger partial charge on any atom is -0.360 e. The quantitative estimate of drug-likeness (QED) is 0.620. The Morgan fingerprint density at radius 2 is 1.69 bits per heavy atom. The number of halogens is 1. The highest BCUT2D eigenvalue weighted by atomic mass is 19.1. The third kappa shape index (κ3) is 3.65. The van der Waals surface area contributed by atoms with Crippen molar-refractivity contribution in [1.82, 2.24) is 0 Å². The van der Waals surface area contributed by atoms with Gasteiger partial charge in [0.1, 0.15) is 5.82 Å². The maximum atomic E-state index is 14.1. The molecular formula is C22H23FN3O3+. The number of imide groups is 1. The van der Waals surface area contributed by atoms with Gasteiger partial charge < -0.3 is 9.80 Å². The minimum absolute atomic E-state index is 0.0357. The molecule has 29 heavy (non-hydrogen) atoms. The van der Waals surface area contributed by atoms with E-state index in [9.17, 15) is 18.8 Å². The van der Waals surface area contributed by atoms with E-state index in [2.05, 4.69) is 4.90 Å². The first-order valence-electron chi connectivity index (χ1n) is 9.77. The zero-order chi connectivity index (χ0) is 20.5. The molecule has 2 amide bonds. The molecule has 2 aliphatic rings. The molecule has 0 saturated carbocycles. The van der Waals surface area contributed by atoms with E-state index < -0.39 is 11.9 Å². The first-order valence-corrected chi connectivity index (χ1v) is 9.77. The Bertz CT molecular complexity index is 952. The number of nitrogens with one attached hydrogen (secondary N) is 1. The van der Waals surface area contributed by atoms with Crippen LogP contribution in [0.3, 0.4) is 0 Å². The van der Waals surface area contributed by atoms with Gasteiger partial charge in [-0.15, -0.1) is 0 Å². The second-order valence-corrected chi connectivity index (χ2v) is 7.52. The van der Waals surface area contributed by atoms with Gasteiger partial charge in [-0.05, 0) is 43.3 Å². The van der Waals surface area contributed by atoms with Crippen molar-refractivity contribution in [1.29, 1.82) is 0 Å². The number of quaternary nitrogens is 1. The van der Waals surface area contributed by atoms with Crippen LogP contribution in [0.4, 0.5) is 15.8 Å². The van der Waals surface area contributed by atoms with Crippen LogP contribution in [0.2, 0.25) is 0 Å². The molecular weight excluding hydrogens is 373 g/mol. The lowest BCUT2D eigenvalue weighted by Crippen LogP contribution is -3.19. The maximum Gasteiger partial charge on any atom is 0.292 e. The van der Waals surface area contributed by atoms with Gasteiger partial charge in [0.15, 0.2) is 11.8 Å². The van der Waals surface area contributed by atoms with Crippen LogP contribution in [0.25, 0.3) is 0 Å². The molecule has 2 aliphatic heterocycles. The lowest BCUT2D eigenvalue weighted by Gasteiger charge is -2.35. The van der Waals surface area contributed by atoms with Crippen molar-refractivity contribution in [2.75, 3.05) is 36.0 Å². The summed E-state index contributed by atoms with van der Waals surface area (Å²) in [7, 11) is 0. The van der Waals surface area contributed by atoms with Crippen LogP contribution < -0.4 is 14.7 Å². The number of hydrogen-bond acceptors (Lipinski definition) is 4. The van der Waals surface area contributed by atoms with E-state index in [1.54, 1.807) is 13.0 Å².